The second kappa shape index (κ2) is 43.0. The van der Waals surface area contributed by atoms with E-state index in [-0.39, 0.29) is 103 Å². The van der Waals surface area contributed by atoms with Crippen LogP contribution in [0.4, 0.5) is 0 Å². The molecule has 0 saturated heterocycles. The van der Waals surface area contributed by atoms with Crippen molar-refractivity contribution in [2.45, 2.75) is 98.1 Å². The summed E-state index contributed by atoms with van der Waals surface area (Å²) >= 11 is 0. The Bertz CT molecular complexity index is 3070. The van der Waals surface area contributed by atoms with Crippen LogP contribution in [0, 0.1) is 5.92 Å². The number of nitrogens with two attached hydrogens (primary N) is 5. The Labute approximate surface area is 567 Å². The van der Waals surface area contributed by atoms with Crippen molar-refractivity contribution in [3.05, 3.63) is 120 Å². The molecule has 1 aliphatic rings. The lowest BCUT2D eigenvalue weighted by molar-refractivity contribution is -0.149. The number of nitrogens with zero attached hydrogens (tertiary/aromatic N) is 8. The molecule has 1 heterocycles. The number of carbonyl (C=O) groups is 9. The first-order chi connectivity index (χ1) is 46.3. The summed E-state index contributed by atoms with van der Waals surface area (Å²) < 4.78 is 11.3. The number of ether oxygens (including phenoxy) is 2. The molecule has 0 radical (unpaired) electrons. The highest BCUT2D eigenvalue weighted by molar-refractivity contribution is 5.94. The minimum atomic E-state index is -0.618. The Morgan fingerprint density at radius 1 is 0.427 bits per heavy atom. The minimum Gasteiger partial charge on any atom is -0.454 e. The minimum absolute atomic E-state index is 0.00631. The van der Waals surface area contributed by atoms with Gasteiger partial charge in [-0.05, 0) is 150 Å². The first-order valence-corrected chi connectivity index (χ1v) is 33.8. The zero-order chi connectivity index (χ0) is 69.8. The molecule has 526 valence electrons. The molecule has 1 atom stereocenters. The average molecular weight is 1330 g/mol. The van der Waals surface area contributed by atoms with Gasteiger partial charge in [-0.1, -0.05) is 105 Å². The van der Waals surface area contributed by atoms with E-state index in [9.17, 15) is 33.6 Å². The molecule has 11 N–H and O–H groups in total. The van der Waals surface area contributed by atoms with E-state index in [1.807, 2.05) is 106 Å². The number of hydrogen-bond acceptors (Lipinski definition) is 17. The Hall–Kier alpha value is -8.33. The summed E-state index contributed by atoms with van der Waals surface area (Å²) in [4.78, 5) is 140. The summed E-state index contributed by atoms with van der Waals surface area (Å²) in [5.74, 6) is -3.59. The maximum atomic E-state index is 15.1. The van der Waals surface area contributed by atoms with Crippen molar-refractivity contribution in [3.63, 3.8) is 0 Å². The molecule has 25 heteroatoms. The van der Waals surface area contributed by atoms with Gasteiger partial charge in [-0.3, -0.25) is 43.2 Å². The summed E-state index contributed by atoms with van der Waals surface area (Å²) in [6.45, 7) is 6.06. The number of fused-ring (bicyclic) bond motifs is 1. The molecule has 1 unspecified atom stereocenters. The van der Waals surface area contributed by atoms with Gasteiger partial charge in [-0.25, -0.2) is 0 Å². The first-order valence-electron chi connectivity index (χ1n) is 33.8. The van der Waals surface area contributed by atoms with Crippen LogP contribution in [0.25, 0.3) is 11.1 Å². The molecular weight excluding hydrogens is 1220 g/mol. The van der Waals surface area contributed by atoms with Crippen molar-refractivity contribution < 1.29 is 52.6 Å². The molecule has 4 aromatic carbocycles. The molecule has 0 bridgehead atoms. The number of amides is 8. The topological polar surface area (TPSA) is 340 Å². The van der Waals surface area contributed by atoms with Gasteiger partial charge in [0, 0.05) is 52.4 Å². The molecule has 1 aliphatic heterocycles. The SMILES string of the molecule is CC(=O)CN(CCc1ccc(-c2ccccc2)cc1)C(=O)CN(CCN)C(=O)CN(CCCCN)C(=O)CN(CCCCN)C(=O)CN(Cc1ccc2c(c1)OCO2)C(=O)CN(CCCCN)C(=O)CN(CC(C)C)C(=O)CN(C(=O)CNCCCCN)C(C)c1ccccc1. The van der Waals surface area contributed by atoms with Crippen molar-refractivity contribution in [1.82, 2.24) is 44.5 Å². The van der Waals surface area contributed by atoms with Gasteiger partial charge in [0.05, 0.1) is 51.9 Å². The van der Waals surface area contributed by atoms with Crippen LogP contribution in [-0.2, 0) is 56.1 Å². The van der Waals surface area contributed by atoms with E-state index in [0.29, 0.717) is 88.2 Å². The predicted molar refractivity (Wildman–Crippen MR) is 370 cm³/mol. The van der Waals surface area contributed by atoms with E-state index in [2.05, 4.69) is 5.32 Å². The molecule has 8 amide bonds. The monoisotopic (exact) mass is 1330 g/mol. The number of benzene rings is 4. The van der Waals surface area contributed by atoms with Crippen LogP contribution in [0.2, 0.25) is 0 Å². The van der Waals surface area contributed by atoms with Crippen molar-refractivity contribution in [1.29, 1.82) is 0 Å². The molecular formula is C71H106N14O11. The van der Waals surface area contributed by atoms with Gasteiger partial charge >= 0.3 is 0 Å². The lowest BCUT2D eigenvalue weighted by atomic mass is 10.0. The lowest BCUT2D eigenvalue weighted by Crippen LogP contribution is -2.53. The zero-order valence-corrected chi connectivity index (χ0v) is 57.1. The number of carbonyl (C=O) groups excluding carboxylic acids is 9. The van der Waals surface area contributed by atoms with Gasteiger partial charge in [0.25, 0.3) is 0 Å². The molecule has 0 saturated carbocycles. The largest absolute Gasteiger partial charge is 0.454 e. The smallest absolute Gasteiger partial charge is 0.242 e. The third kappa shape index (κ3) is 27.1. The fraction of sp³-hybridized carbons (Fsp3) is 0.535. The van der Waals surface area contributed by atoms with Crippen LogP contribution in [0.1, 0.15) is 102 Å². The van der Waals surface area contributed by atoms with Crippen molar-refractivity contribution in [3.8, 4) is 22.6 Å². The van der Waals surface area contributed by atoms with Crippen molar-refractivity contribution in [2.75, 3.05) is 144 Å². The van der Waals surface area contributed by atoms with Crippen LogP contribution >= 0.6 is 0 Å². The number of unbranched alkanes of at least 4 members (excludes halogenated alkanes) is 4. The molecule has 96 heavy (non-hydrogen) atoms. The molecule has 25 nitrogen and oxygen atoms in total. The third-order valence-electron chi connectivity index (χ3n) is 16.5. The van der Waals surface area contributed by atoms with Crippen LogP contribution in [-0.4, -0.2) is 236 Å². The van der Waals surface area contributed by atoms with Gasteiger partial charge in [-0.15, -0.1) is 0 Å². The molecule has 4 aromatic rings. The summed E-state index contributed by atoms with van der Waals surface area (Å²) in [5, 5.41) is 3.18. The van der Waals surface area contributed by atoms with Crippen LogP contribution in [0.3, 0.4) is 0 Å². The van der Waals surface area contributed by atoms with E-state index < -0.39 is 86.7 Å². The van der Waals surface area contributed by atoms with E-state index in [0.717, 1.165) is 35.1 Å². The zero-order valence-electron chi connectivity index (χ0n) is 57.1. The fourth-order valence-corrected chi connectivity index (χ4v) is 11.0. The first kappa shape index (κ1) is 78.4. The highest BCUT2D eigenvalue weighted by atomic mass is 16.7. The lowest BCUT2D eigenvalue weighted by Gasteiger charge is -2.34. The number of Topliss-reactive ketones (excluding diaryl/α,β-unsaturated/α-hetero) is 1. The van der Waals surface area contributed by atoms with Crippen LogP contribution in [0.15, 0.2) is 103 Å². The average Bonchev–Trinajstić information content (AvgIpc) is 1.33. The van der Waals surface area contributed by atoms with Crippen molar-refractivity contribution in [2.24, 2.45) is 34.6 Å². The maximum absolute atomic E-state index is 15.1. The number of nitrogens with one attached hydrogen (secondary N) is 1. The molecule has 0 spiro atoms. The summed E-state index contributed by atoms with van der Waals surface area (Å²) in [5.41, 5.74) is 34.0. The van der Waals surface area contributed by atoms with Gasteiger partial charge in [-0.2, -0.15) is 0 Å². The van der Waals surface area contributed by atoms with E-state index in [1.54, 1.807) is 18.2 Å². The number of rotatable bonds is 46. The molecule has 0 aromatic heterocycles. The Kier molecular flexibility index (Phi) is 35.1. The molecule has 0 fully saturated rings. The molecule has 5 rings (SSSR count). The standard InChI is InChI=1S/C71H106N14O11/c1-54(2)43-83(71(94)52-85(56(4)59-19-7-5-8-20-59)64(87)42-77-35-15-11-30-72)50-68(91)80(38-18-14-33-75)49-70(93)84(45-58-25-28-62-63(41-58)96-53-95-62)51-69(92)79(37-17-13-32-74)46-65(88)78(36-16-12-31-73)47-67(90)82(40-34-76)48-66(89)81(44-55(3)86)39-29-57-23-26-61(27-24-57)60-21-9-6-10-22-60/h5-10,19-28,41,54,56,77H,11-18,29-40,42-53,72-76H2,1-4H3. The Balaban J connectivity index is 1.38. The molecule has 0 aliphatic carbocycles. The maximum Gasteiger partial charge on any atom is 0.242 e. The van der Waals surface area contributed by atoms with Gasteiger partial charge in [0.1, 0.15) is 18.9 Å². The highest BCUT2D eigenvalue weighted by Crippen LogP contribution is 2.33. The summed E-state index contributed by atoms with van der Waals surface area (Å²) in [6, 6.07) is 31.9. The third-order valence-corrected chi connectivity index (χ3v) is 16.5. The predicted octanol–water partition coefficient (Wildman–Crippen LogP) is 2.96. The highest BCUT2D eigenvalue weighted by Gasteiger charge is 2.33. The number of ketones is 1. The quantitative estimate of drug-likeness (QED) is 0.0346. The van der Waals surface area contributed by atoms with Crippen molar-refractivity contribution >= 4 is 53.0 Å². The van der Waals surface area contributed by atoms with E-state index >= 15 is 9.59 Å². The summed E-state index contributed by atoms with van der Waals surface area (Å²) in [6.07, 6.45) is 4.72. The van der Waals surface area contributed by atoms with Gasteiger partial charge < -0.3 is 82.7 Å². The van der Waals surface area contributed by atoms with Gasteiger partial charge in [0.15, 0.2) is 11.5 Å². The Morgan fingerprint density at radius 2 is 0.865 bits per heavy atom. The normalized spacial score (nSPS) is 11.8. The fourth-order valence-electron chi connectivity index (χ4n) is 11.0. The van der Waals surface area contributed by atoms with E-state index in [4.69, 9.17) is 38.1 Å². The van der Waals surface area contributed by atoms with E-state index in [1.165, 1.54) is 46.1 Å². The van der Waals surface area contributed by atoms with Crippen LogP contribution < -0.4 is 43.5 Å². The van der Waals surface area contributed by atoms with Gasteiger partial charge in [0.2, 0.25) is 54.1 Å². The number of hydrogen-bond donors (Lipinski definition) is 6. The summed E-state index contributed by atoms with van der Waals surface area (Å²) in [7, 11) is 0. The second-order valence-corrected chi connectivity index (χ2v) is 24.8. The second-order valence-electron chi connectivity index (χ2n) is 24.8. The van der Waals surface area contributed by atoms with Crippen LogP contribution in [0.5, 0.6) is 11.5 Å². The Morgan fingerprint density at radius 3 is 1.38 bits per heavy atom.